The summed E-state index contributed by atoms with van der Waals surface area (Å²) < 4.78 is 2.54. The number of hydrogen-bond acceptors (Lipinski definition) is 1. The molecule has 2 nitrogen and oxygen atoms in total. The van der Waals surface area contributed by atoms with E-state index in [1.54, 1.807) is 0 Å². The fourth-order valence-electron chi connectivity index (χ4n) is 13.3. The third kappa shape index (κ3) is 5.32. The number of nitrogens with zero attached hydrogens (tertiary/aromatic N) is 2. The summed E-state index contributed by atoms with van der Waals surface area (Å²) in [5.74, 6) is 0. The van der Waals surface area contributed by atoms with Crippen LogP contribution in [0.4, 0.5) is 17.1 Å². The van der Waals surface area contributed by atoms with E-state index in [0.29, 0.717) is 0 Å². The second kappa shape index (κ2) is 13.7. The van der Waals surface area contributed by atoms with Gasteiger partial charge in [-0.25, -0.2) is 0 Å². The molecule has 0 saturated carbocycles. The van der Waals surface area contributed by atoms with Crippen molar-refractivity contribution in [3.8, 4) is 39.1 Å². The van der Waals surface area contributed by atoms with Crippen LogP contribution < -0.4 is 4.90 Å². The molecule has 332 valence electrons. The number of para-hydroxylation sites is 2. The van der Waals surface area contributed by atoms with Gasteiger partial charge in [-0.15, -0.1) is 0 Å². The highest BCUT2D eigenvalue weighted by molar-refractivity contribution is 6.14. The number of anilines is 3. The Hall–Kier alpha value is -7.68. The summed E-state index contributed by atoms with van der Waals surface area (Å²) >= 11 is 0. The fraction of sp³-hybridized carbons (Fsp3) is 0.164. The second-order valence-corrected chi connectivity index (χ2v) is 21.9. The van der Waals surface area contributed by atoms with Crippen molar-refractivity contribution in [2.24, 2.45) is 0 Å². The smallest absolute Gasteiger partial charge is 0.0544 e. The third-order valence-electron chi connectivity index (χ3n) is 16.8. The maximum absolute atomic E-state index is 2.60. The minimum absolute atomic E-state index is 0.212. The fourth-order valence-corrected chi connectivity index (χ4v) is 13.3. The molecular formula is C67H54N2. The Bertz CT molecular complexity index is 3950. The second-order valence-electron chi connectivity index (χ2n) is 21.9. The van der Waals surface area contributed by atoms with Gasteiger partial charge in [-0.2, -0.15) is 0 Å². The predicted molar refractivity (Wildman–Crippen MR) is 293 cm³/mol. The SMILES string of the molecule is Cc1ccc2c(c1)c1cc(C)ccc1n2-c1cc2c(c3ccccc13)-c1cc3c(cc1C2(C)C)-c1cc2c(cc1C3(C)C)-c1c(cc(N(c3ccccc3)c3ccccc3)c3ccccc13)C2(C)C. The lowest BCUT2D eigenvalue weighted by molar-refractivity contribution is 0.649. The molecule has 2 heteroatoms. The molecule has 0 unspecified atom stereocenters. The molecular weight excluding hydrogens is 833 g/mol. The van der Waals surface area contributed by atoms with Gasteiger partial charge < -0.3 is 9.47 Å². The quantitative estimate of drug-likeness (QED) is 0.171. The summed E-state index contributed by atoms with van der Waals surface area (Å²) in [7, 11) is 0. The molecule has 0 fully saturated rings. The summed E-state index contributed by atoms with van der Waals surface area (Å²) in [6.07, 6.45) is 0. The monoisotopic (exact) mass is 886 g/mol. The van der Waals surface area contributed by atoms with E-state index in [9.17, 15) is 0 Å². The van der Waals surface area contributed by atoms with E-state index in [4.69, 9.17) is 0 Å². The van der Waals surface area contributed by atoms with Gasteiger partial charge in [0.25, 0.3) is 0 Å². The van der Waals surface area contributed by atoms with E-state index in [0.717, 1.165) is 11.4 Å². The van der Waals surface area contributed by atoms with Crippen molar-refractivity contribution >= 4 is 60.4 Å². The Labute approximate surface area is 405 Å². The average molecular weight is 887 g/mol. The molecule has 0 bridgehead atoms. The Balaban J connectivity index is 0.957. The highest BCUT2D eigenvalue weighted by atomic mass is 15.1. The van der Waals surface area contributed by atoms with Crippen molar-refractivity contribution in [1.82, 2.24) is 4.57 Å². The van der Waals surface area contributed by atoms with E-state index >= 15 is 0 Å². The number of aryl methyl sites for hydroxylation is 2. The highest BCUT2D eigenvalue weighted by Gasteiger charge is 2.46. The zero-order chi connectivity index (χ0) is 46.9. The van der Waals surface area contributed by atoms with Crippen LogP contribution in [0.2, 0.25) is 0 Å². The van der Waals surface area contributed by atoms with Crippen molar-refractivity contribution < 1.29 is 0 Å². The molecule has 3 aliphatic carbocycles. The number of benzene rings is 10. The average Bonchev–Trinajstić information content (AvgIpc) is 3.95. The van der Waals surface area contributed by atoms with Gasteiger partial charge in [0.1, 0.15) is 0 Å². The lowest BCUT2D eigenvalue weighted by atomic mass is 9.78. The van der Waals surface area contributed by atoms with Gasteiger partial charge in [-0.05, 0) is 176 Å². The summed E-state index contributed by atoms with van der Waals surface area (Å²) in [6, 6.07) is 69.3. The number of rotatable bonds is 4. The van der Waals surface area contributed by atoms with Gasteiger partial charge in [-0.3, -0.25) is 0 Å². The van der Waals surface area contributed by atoms with E-state index in [1.165, 1.54) is 133 Å². The first-order chi connectivity index (χ1) is 33.3. The first-order valence-corrected chi connectivity index (χ1v) is 24.8. The number of fused-ring (bicyclic) bond motifs is 16. The molecule has 0 atom stereocenters. The first kappa shape index (κ1) is 40.4. The van der Waals surface area contributed by atoms with Crippen molar-refractivity contribution in [2.45, 2.75) is 71.6 Å². The first-order valence-electron chi connectivity index (χ1n) is 24.8. The van der Waals surface area contributed by atoms with Gasteiger partial charge in [0, 0.05) is 49.2 Å². The van der Waals surface area contributed by atoms with E-state index in [2.05, 4.69) is 247 Å². The minimum atomic E-state index is -0.240. The van der Waals surface area contributed by atoms with Crippen LogP contribution in [-0.4, -0.2) is 4.57 Å². The van der Waals surface area contributed by atoms with E-state index in [-0.39, 0.29) is 16.2 Å². The van der Waals surface area contributed by atoms with Crippen molar-refractivity contribution in [2.75, 3.05) is 4.90 Å². The Morgan fingerprint density at radius 2 is 0.725 bits per heavy atom. The van der Waals surface area contributed by atoms with Gasteiger partial charge >= 0.3 is 0 Å². The van der Waals surface area contributed by atoms with Gasteiger partial charge in [0.2, 0.25) is 0 Å². The third-order valence-corrected chi connectivity index (χ3v) is 16.8. The van der Waals surface area contributed by atoms with Crippen LogP contribution in [0.1, 0.15) is 86.1 Å². The van der Waals surface area contributed by atoms with E-state index < -0.39 is 0 Å². The van der Waals surface area contributed by atoms with Crippen LogP contribution in [-0.2, 0) is 16.2 Å². The molecule has 0 N–H and O–H groups in total. The van der Waals surface area contributed by atoms with Crippen molar-refractivity contribution in [1.29, 1.82) is 0 Å². The normalized spacial score (nSPS) is 15.3. The Kier molecular flexibility index (Phi) is 8.04. The van der Waals surface area contributed by atoms with Gasteiger partial charge in [-0.1, -0.05) is 150 Å². The largest absolute Gasteiger partial charge is 0.310 e. The molecule has 14 rings (SSSR count). The maximum atomic E-state index is 2.60. The summed E-state index contributed by atoms with van der Waals surface area (Å²) in [5.41, 5.74) is 25.9. The van der Waals surface area contributed by atoms with Crippen LogP contribution in [0.5, 0.6) is 0 Å². The lowest BCUT2D eigenvalue weighted by Crippen LogP contribution is -2.18. The lowest BCUT2D eigenvalue weighted by Gasteiger charge is -2.29. The molecule has 10 aromatic carbocycles. The summed E-state index contributed by atoms with van der Waals surface area (Å²) in [6.45, 7) is 19.2. The standard InChI is InChI=1S/C67H54N2/c1-39-27-29-59-49(31-39)50-32-40(2)28-30-60(50)69(59)62-38-58-64(46-26-18-16-24-44(46)62)52-36-54-48(34-56(52)67(58,7)8)47-33-55-51(35-53(47)65(54,3)4)63-45-25-17-15-23-43(45)61(37-57(63)66(55,5)6)68(41-19-11-9-12-20-41)42-21-13-10-14-22-42/h9-38H,1-8H3. The van der Waals surface area contributed by atoms with Crippen molar-refractivity contribution in [3.05, 3.63) is 226 Å². The molecule has 0 aliphatic heterocycles. The summed E-state index contributed by atoms with van der Waals surface area (Å²) in [4.78, 5) is 2.44. The molecule has 0 radical (unpaired) electrons. The topological polar surface area (TPSA) is 8.17 Å². The zero-order valence-corrected chi connectivity index (χ0v) is 40.7. The molecule has 3 aliphatic rings. The van der Waals surface area contributed by atoms with Crippen LogP contribution in [0.25, 0.3) is 82.4 Å². The molecule has 1 aromatic heterocycles. The van der Waals surface area contributed by atoms with Gasteiger partial charge in [0.15, 0.2) is 0 Å². The molecule has 69 heavy (non-hydrogen) atoms. The van der Waals surface area contributed by atoms with Crippen LogP contribution >= 0.6 is 0 Å². The minimum Gasteiger partial charge on any atom is -0.310 e. The molecule has 0 saturated heterocycles. The van der Waals surface area contributed by atoms with Crippen LogP contribution in [0.15, 0.2) is 182 Å². The number of hydrogen-bond donors (Lipinski definition) is 0. The van der Waals surface area contributed by atoms with Gasteiger partial charge in [0.05, 0.1) is 22.4 Å². The Morgan fingerprint density at radius 3 is 1.23 bits per heavy atom. The molecule has 0 spiro atoms. The maximum Gasteiger partial charge on any atom is 0.0544 e. The molecule has 1 heterocycles. The Morgan fingerprint density at radius 1 is 0.333 bits per heavy atom. The van der Waals surface area contributed by atoms with Crippen LogP contribution in [0, 0.1) is 13.8 Å². The zero-order valence-electron chi connectivity index (χ0n) is 40.7. The number of aromatic nitrogens is 1. The van der Waals surface area contributed by atoms with Crippen molar-refractivity contribution in [3.63, 3.8) is 0 Å². The summed E-state index contributed by atoms with van der Waals surface area (Å²) in [5, 5.41) is 7.78. The predicted octanol–water partition coefficient (Wildman–Crippen LogP) is 18.1. The highest BCUT2D eigenvalue weighted by Crippen LogP contribution is 2.62. The van der Waals surface area contributed by atoms with E-state index in [1.807, 2.05) is 0 Å². The van der Waals surface area contributed by atoms with Crippen LogP contribution in [0.3, 0.4) is 0 Å². The molecule has 11 aromatic rings. The molecule has 0 amide bonds.